The van der Waals surface area contributed by atoms with Crippen LogP contribution in [0.25, 0.3) is 5.65 Å². The quantitative estimate of drug-likeness (QED) is 0.692. The highest BCUT2D eigenvalue weighted by atomic mass is 16.2. The molecule has 0 unspecified atom stereocenters. The first kappa shape index (κ1) is 17.0. The van der Waals surface area contributed by atoms with Crippen molar-refractivity contribution in [1.82, 2.24) is 24.7 Å². The number of fused-ring (bicyclic) bond motifs is 1. The van der Waals surface area contributed by atoms with E-state index >= 15 is 0 Å². The molecule has 1 aliphatic carbocycles. The lowest BCUT2D eigenvalue weighted by Crippen LogP contribution is -2.49. The Morgan fingerprint density at radius 3 is 2.46 bits per heavy atom. The zero-order chi connectivity index (χ0) is 19.1. The lowest BCUT2D eigenvalue weighted by molar-refractivity contribution is -0.130. The van der Waals surface area contributed by atoms with Crippen LogP contribution in [0.15, 0.2) is 36.4 Å². The number of nitrogens with zero attached hydrogens (tertiary/aromatic N) is 6. The summed E-state index contributed by atoms with van der Waals surface area (Å²) in [5, 5.41) is 13.3. The summed E-state index contributed by atoms with van der Waals surface area (Å²) in [6, 6.07) is 11.5. The molecule has 144 valence electrons. The molecule has 5 rings (SSSR count). The van der Waals surface area contributed by atoms with Crippen LogP contribution in [0.5, 0.6) is 0 Å². The van der Waals surface area contributed by atoms with Crippen molar-refractivity contribution in [2.45, 2.75) is 25.2 Å². The van der Waals surface area contributed by atoms with Crippen molar-refractivity contribution in [3.8, 4) is 0 Å². The van der Waals surface area contributed by atoms with E-state index in [4.69, 9.17) is 10.8 Å². The van der Waals surface area contributed by atoms with Gasteiger partial charge < -0.3 is 15.5 Å². The molecule has 0 spiro atoms. The maximum Gasteiger partial charge on any atom is 0.227 e. The van der Waals surface area contributed by atoms with Crippen LogP contribution >= 0.6 is 0 Å². The number of rotatable bonds is 4. The van der Waals surface area contributed by atoms with Crippen molar-refractivity contribution in [1.29, 1.82) is 0 Å². The van der Waals surface area contributed by atoms with Gasteiger partial charge in [-0.25, -0.2) is 0 Å². The second-order valence-corrected chi connectivity index (χ2v) is 7.58. The van der Waals surface area contributed by atoms with E-state index in [0.717, 1.165) is 35.9 Å². The molecule has 1 aliphatic heterocycles. The second-order valence-electron chi connectivity index (χ2n) is 7.58. The van der Waals surface area contributed by atoms with Crippen LogP contribution in [0.3, 0.4) is 0 Å². The summed E-state index contributed by atoms with van der Waals surface area (Å²) < 4.78 is 1.88. The van der Waals surface area contributed by atoms with Gasteiger partial charge in [0.05, 0.1) is 6.42 Å². The molecule has 1 saturated heterocycles. The Labute approximate surface area is 162 Å². The molecule has 2 fully saturated rings. The predicted octanol–water partition coefficient (Wildman–Crippen LogP) is 1.48. The third kappa shape index (κ3) is 3.26. The van der Waals surface area contributed by atoms with Gasteiger partial charge in [-0.2, -0.15) is 4.52 Å². The van der Waals surface area contributed by atoms with Gasteiger partial charge in [0, 0.05) is 37.8 Å². The number of amides is 1. The molecule has 1 aromatic carbocycles. The van der Waals surface area contributed by atoms with E-state index in [1.807, 2.05) is 45.8 Å². The summed E-state index contributed by atoms with van der Waals surface area (Å²) in [5.74, 6) is 2.54. The van der Waals surface area contributed by atoms with E-state index in [9.17, 15) is 4.79 Å². The van der Waals surface area contributed by atoms with Gasteiger partial charge in [0.1, 0.15) is 5.82 Å². The van der Waals surface area contributed by atoms with Gasteiger partial charge in [0.25, 0.3) is 0 Å². The Bertz CT molecular complexity index is 1000. The third-order valence-electron chi connectivity index (χ3n) is 5.51. The number of carbonyl (C=O) groups excluding carboxylic acids is 1. The van der Waals surface area contributed by atoms with E-state index in [1.165, 1.54) is 12.8 Å². The largest absolute Gasteiger partial charge is 0.399 e. The maximum atomic E-state index is 12.6. The van der Waals surface area contributed by atoms with Crippen LogP contribution in [-0.4, -0.2) is 56.8 Å². The summed E-state index contributed by atoms with van der Waals surface area (Å²) >= 11 is 0. The van der Waals surface area contributed by atoms with Gasteiger partial charge in [-0.15, -0.1) is 15.3 Å². The number of piperazine rings is 1. The third-order valence-corrected chi connectivity index (χ3v) is 5.51. The fourth-order valence-electron chi connectivity index (χ4n) is 3.67. The summed E-state index contributed by atoms with van der Waals surface area (Å²) in [5.41, 5.74) is 8.22. The molecule has 0 bridgehead atoms. The van der Waals surface area contributed by atoms with Crippen molar-refractivity contribution in [3.63, 3.8) is 0 Å². The maximum absolute atomic E-state index is 12.6. The second kappa shape index (κ2) is 6.78. The SMILES string of the molecule is Nc1ccc(CC(=O)N2CCN(c3ccc4nnc(C5CC5)n4n3)CC2)cc1. The van der Waals surface area contributed by atoms with Gasteiger partial charge >= 0.3 is 0 Å². The number of hydrogen-bond donors (Lipinski definition) is 1. The molecule has 3 aromatic rings. The fourth-order valence-corrected chi connectivity index (χ4v) is 3.67. The van der Waals surface area contributed by atoms with Crippen molar-refractivity contribution >= 4 is 23.1 Å². The van der Waals surface area contributed by atoms with Gasteiger partial charge in [0.2, 0.25) is 5.91 Å². The highest BCUT2D eigenvalue weighted by molar-refractivity contribution is 5.79. The van der Waals surface area contributed by atoms with Crippen LogP contribution in [0.2, 0.25) is 0 Å². The van der Waals surface area contributed by atoms with Gasteiger partial charge in [-0.1, -0.05) is 12.1 Å². The fraction of sp³-hybridized carbons (Fsp3) is 0.400. The first-order chi connectivity index (χ1) is 13.7. The number of anilines is 2. The van der Waals surface area contributed by atoms with E-state index in [-0.39, 0.29) is 5.91 Å². The van der Waals surface area contributed by atoms with Crippen LogP contribution in [-0.2, 0) is 11.2 Å². The molecule has 0 atom stereocenters. The Kier molecular flexibility index (Phi) is 4.11. The summed E-state index contributed by atoms with van der Waals surface area (Å²) in [4.78, 5) is 16.8. The number of nitrogen functional groups attached to an aromatic ring is 1. The molecule has 3 heterocycles. The van der Waals surface area contributed by atoms with Crippen molar-refractivity contribution in [3.05, 3.63) is 47.8 Å². The van der Waals surface area contributed by atoms with Crippen molar-refractivity contribution < 1.29 is 4.79 Å². The summed E-state index contributed by atoms with van der Waals surface area (Å²) in [7, 11) is 0. The van der Waals surface area contributed by atoms with Crippen molar-refractivity contribution in [2.75, 3.05) is 36.8 Å². The molecule has 1 amide bonds. The number of hydrogen-bond acceptors (Lipinski definition) is 6. The summed E-state index contributed by atoms with van der Waals surface area (Å²) in [6.45, 7) is 2.94. The zero-order valence-electron chi connectivity index (χ0n) is 15.7. The average Bonchev–Trinajstić information content (AvgIpc) is 3.48. The van der Waals surface area contributed by atoms with Gasteiger partial charge in [0.15, 0.2) is 11.5 Å². The van der Waals surface area contributed by atoms with E-state index in [0.29, 0.717) is 31.1 Å². The number of carbonyl (C=O) groups is 1. The number of aromatic nitrogens is 4. The topological polar surface area (TPSA) is 92.7 Å². The number of nitrogens with two attached hydrogens (primary N) is 1. The average molecular weight is 377 g/mol. The number of benzene rings is 1. The Balaban J connectivity index is 1.24. The Morgan fingerprint density at radius 2 is 1.75 bits per heavy atom. The lowest BCUT2D eigenvalue weighted by atomic mass is 10.1. The molecule has 8 nitrogen and oxygen atoms in total. The summed E-state index contributed by atoms with van der Waals surface area (Å²) in [6.07, 6.45) is 2.75. The Hall–Kier alpha value is -3.16. The minimum absolute atomic E-state index is 0.155. The molecule has 2 aromatic heterocycles. The molecule has 2 N–H and O–H groups in total. The smallest absolute Gasteiger partial charge is 0.227 e. The minimum Gasteiger partial charge on any atom is -0.399 e. The first-order valence-electron chi connectivity index (χ1n) is 9.77. The lowest BCUT2D eigenvalue weighted by Gasteiger charge is -2.35. The van der Waals surface area contributed by atoms with Gasteiger partial charge in [-0.05, 0) is 42.7 Å². The van der Waals surface area contributed by atoms with E-state index in [2.05, 4.69) is 15.1 Å². The molecular formula is C20H23N7O. The predicted molar refractivity (Wildman–Crippen MR) is 106 cm³/mol. The van der Waals surface area contributed by atoms with Crippen LogP contribution in [0.4, 0.5) is 11.5 Å². The van der Waals surface area contributed by atoms with Crippen LogP contribution in [0, 0.1) is 0 Å². The standard InChI is InChI=1S/C20H23N7O/c21-16-5-1-14(2-6-16)13-19(28)26-11-9-25(10-12-26)18-8-7-17-22-23-20(15-3-4-15)27(17)24-18/h1-2,5-8,15H,3-4,9-13,21H2. The monoisotopic (exact) mass is 377 g/mol. The van der Waals surface area contributed by atoms with Crippen LogP contribution in [0.1, 0.15) is 30.1 Å². The first-order valence-corrected chi connectivity index (χ1v) is 9.77. The van der Waals surface area contributed by atoms with Crippen LogP contribution < -0.4 is 10.6 Å². The van der Waals surface area contributed by atoms with Gasteiger partial charge in [-0.3, -0.25) is 4.79 Å². The van der Waals surface area contributed by atoms with E-state index < -0.39 is 0 Å². The van der Waals surface area contributed by atoms with Crippen molar-refractivity contribution in [2.24, 2.45) is 0 Å². The molecule has 28 heavy (non-hydrogen) atoms. The van der Waals surface area contributed by atoms with E-state index in [1.54, 1.807) is 0 Å². The zero-order valence-corrected chi connectivity index (χ0v) is 15.7. The minimum atomic E-state index is 0.155. The highest BCUT2D eigenvalue weighted by Gasteiger charge is 2.30. The normalized spacial score (nSPS) is 17.3. The molecule has 0 radical (unpaired) electrons. The molecule has 8 heteroatoms. The highest BCUT2D eigenvalue weighted by Crippen LogP contribution is 2.38. The molecule has 2 aliphatic rings. The molecule has 1 saturated carbocycles. The molecular weight excluding hydrogens is 354 g/mol. The Morgan fingerprint density at radius 1 is 1.00 bits per heavy atom.